The Labute approximate surface area is 179 Å². The van der Waals surface area contributed by atoms with Crippen molar-refractivity contribution in [3.05, 3.63) is 64.8 Å². The lowest BCUT2D eigenvalue weighted by atomic mass is 9.86. The molecule has 31 heavy (non-hydrogen) atoms. The number of hydrogen-bond donors (Lipinski definition) is 0. The first-order chi connectivity index (χ1) is 14.7. The van der Waals surface area contributed by atoms with Gasteiger partial charge in [0.05, 0.1) is 11.1 Å². The van der Waals surface area contributed by atoms with E-state index in [1.807, 2.05) is 43.7 Å². The monoisotopic (exact) mass is 429 g/mol. The summed E-state index contributed by atoms with van der Waals surface area (Å²) >= 11 is 0. The number of fused-ring (bicyclic) bond motifs is 1. The highest BCUT2D eigenvalue weighted by molar-refractivity contribution is 6.05. The first-order valence-corrected chi connectivity index (χ1v) is 10.6. The third-order valence-electron chi connectivity index (χ3n) is 6.04. The number of nitrogens with zero attached hydrogens (tertiary/aromatic N) is 3. The van der Waals surface area contributed by atoms with Gasteiger partial charge in [0.15, 0.2) is 5.69 Å². The average Bonchev–Trinajstić information content (AvgIpc) is 3.11. The van der Waals surface area contributed by atoms with Gasteiger partial charge in [-0.05, 0) is 62.8 Å². The number of amides is 1. The van der Waals surface area contributed by atoms with Crippen LogP contribution in [-0.4, -0.2) is 33.7 Å². The lowest BCUT2D eigenvalue weighted by molar-refractivity contribution is -0.138. The molecule has 1 fully saturated rings. The summed E-state index contributed by atoms with van der Waals surface area (Å²) in [6.07, 6.45) is -3.37. The lowest BCUT2D eigenvalue weighted by Gasteiger charge is -2.33. The number of likely N-dealkylation sites (tertiary alicyclic amines) is 1. The zero-order valence-electron chi connectivity index (χ0n) is 17.9. The maximum Gasteiger partial charge on any atom is 0.416 e. The normalized spacial score (nSPS) is 15.8. The fraction of sp³-hybridized carbons (Fsp3) is 0.417. The summed E-state index contributed by atoms with van der Waals surface area (Å²) in [5.74, 6) is -0.370. The van der Waals surface area contributed by atoms with E-state index in [0.717, 1.165) is 22.5 Å². The average molecular weight is 429 g/mol. The number of benzene rings is 2. The molecule has 164 valence electrons. The number of alkyl halides is 3. The second kappa shape index (κ2) is 8.02. The van der Waals surface area contributed by atoms with Crippen molar-refractivity contribution in [3.63, 3.8) is 0 Å². The predicted molar refractivity (Wildman–Crippen MR) is 114 cm³/mol. The molecular formula is C24H26F3N3O. The maximum atomic E-state index is 13.4. The summed E-state index contributed by atoms with van der Waals surface area (Å²) in [4.78, 5) is 15.0. The molecule has 0 spiro atoms. The van der Waals surface area contributed by atoms with Gasteiger partial charge in [-0.3, -0.25) is 9.48 Å². The molecule has 0 unspecified atom stereocenters. The smallest absolute Gasteiger partial charge is 0.337 e. The second-order valence-electron chi connectivity index (χ2n) is 8.56. The van der Waals surface area contributed by atoms with E-state index >= 15 is 0 Å². The number of halogens is 3. The molecule has 1 saturated heterocycles. The van der Waals surface area contributed by atoms with Crippen molar-refractivity contribution in [2.45, 2.75) is 51.7 Å². The van der Waals surface area contributed by atoms with Gasteiger partial charge in [-0.2, -0.15) is 18.3 Å². The quantitative estimate of drug-likeness (QED) is 0.515. The van der Waals surface area contributed by atoms with Gasteiger partial charge in [0, 0.05) is 24.5 Å². The van der Waals surface area contributed by atoms with Crippen molar-refractivity contribution in [3.8, 4) is 0 Å². The van der Waals surface area contributed by atoms with Gasteiger partial charge in [0.1, 0.15) is 0 Å². The fourth-order valence-corrected chi connectivity index (χ4v) is 4.45. The molecule has 0 saturated carbocycles. The summed E-state index contributed by atoms with van der Waals surface area (Å²) in [5, 5.41) is 5.42. The molecular weight excluding hydrogens is 403 g/mol. The highest BCUT2D eigenvalue weighted by atomic mass is 19.4. The first-order valence-electron chi connectivity index (χ1n) is 10.6. The molecule has 0 bridgehead atoms. The molecule has 4 rings (SSSR count). The first kappa shape index (κ1) is 21.4. The summed E-state index contributed by atoms with van der Waals surface area (Å²) in [6, 6.07) is 11.8. The van der Waals surface area contributed by atoms with E-state index in [4.69, 9.17) is 0 Å². The number of piperidine rings is 1. The lowest BCUT2D eigenvalue weighted by Crippen LogP contribution is -2.38. The van der Waals surface area contributed by atoms with Crippen LogP contribution >= 0.6 is 0 Å². The molecule has 0 aliphatic carbocycles. The molecule has 0 N–H and O–H groups in total. The molecule has 1 aromatic heterocycles. The Bertz CT molecular complexity index is 1110. The Morgan fingerprint density at radius 1 is 1.10 bits per heavy atom. The van der Waals surface area contributed by atoms with Crippen LogP contribution in [0.4, 0.5) is 13.2 Å². The number of aryl methyl sites for hydroxylation is 1. The minimum absolute atomic E-state index is 0.107. The van der Waals surface area contributed by atoms with Gasteiger partial charge in [-0.1, -0.05) is 30.3 Å². The number of carbonyl (C=O) groups is 1. The molecule has 7 heteroatoms. The minimum Gasteiger partial charge on any atom is -0.337 e. The molecule has 2 heterocycles. The summed E-state index contributed by atoms with van der Waals surface area (Å²) in [7, 11) is 0. The van der Waals surface area contributed by atoms with Crippen LogP contribution in [0.3, 0.4) is 0 Å². The van der Waals surface area contributed by atoms with E-state index in [9.17, 15) is 18.0 Å². The van der Waals surface area contributed by atoms with Crippen LogP contribution in [0.15, 0.2) is 42.5 Å². The Balaban J connectivity index is 1.56. The standard InChI is InChI=1S/C24H26F3N3O/c1-15(2)30-21-14-16(3)8-9-19(21)22(28-30)23(31)29-12-10-17(11-13-29)18-6-4-5-7-20(18)24(25,26)27/h4-9,14-15,17H,10-13H2,1-3H3. The molecule has 0 atom stereocenters. The third-order valence-corrected chi connectivity index (χ3v) is 6.04. The maximum absolute atomic E-state index is 13.4. The largest absolute Gasteiger partial charge is 0.416 e. The molecule has 0 radical (unpaired) electrons. The van der Waals surface area contributed by atoms with Crippen LogP contribution in [0.1, 0.15) is 65.8 Å². The minimum atomic E-state index is -4.37. The zero-order chi connectivity index (χ0) is 22.3. The van der Waals surface area contributed by atoms with E-state index in [-0.39, 0.29) is 17.9 Å². The van der Waals surface area contributed by atoms with Crippen LogP contribution in [0.2, 0.25) is 0 Å². The predicted octanol–water partition coefficient (Wildman–Crippen LogP) is 5.96. The van der Waals surface area contributed by atoms with E-state index in [1.54, 1.807) is 17.0 Å². The van der Waals surface area contributed by atoms with E-state index in [0.29, 0.717) is 37.2 Å². The van der Waals surface area contributed by atoms with Crippen LogP contribution in [-0.2, 0) is 6.18 Å². The van der Waals surface area contributed by atoms with Crippen molar-refractivity contribution >= 4 is 16.8 Å². The van der Waals surface area contributed by atoms with Crippen molar-refractivity contribution in [2.75, 3.05) is 13.1 Å². The van der Waals surface area contributed by atoms with Crippen molar-refractivity contribution in [1.29, 1.82) is 0 Å². The van der Waals surface area contributed by atoms with Crippen LogP contribution < -0.4 is 0 Å². The Morgan fingerprint density at radius 2 is 1.77 bits per heavy atom. The van der Waals surface area contributed by atoms with Gasteiger partial charge >= 0.3 is 6.18 Å². The molecule has 3 aromatic rings. The van der Waals surface area contributed by atoms with Crippen molar-refractivity contribution in [2.24, 2.45) is 0 Å². The Kier molecular flexibility index (Phi) is 5.54. The van der Waals surface area contributed by atoms with Crippen LogP contribution in [0.5, 0.6) is 0 Å². The van der Waals surface area contributed by atoms with Crippen LogP contribution in [0.25, 0.3) is 10.9 Å². The van der Waals surface area contributed by atoms with E-state index in [1.165, 1.54) is 6.07 Å². The second-order valence-corrected chi connectivity index (χ2v) is 8.56. The van der Waals surface area contributed by atoms with Crippen LogP contribution in [0, 0.1) is 6.92 Å². The summed E-state index contributed by atoms with van der Waals surface area (Å²) < 4.78 is 42.1. The zero-order valence-corrected chi connectivity index (χ0v) is 17.9. The highest BCUT2D eigenvalue weighted by Crippen LogP contribution is 2.39. The van der Waals surface area contributed by atoms with Crippen molar-refractivity contribution < 1.29 is 18.0 Å². The number of carbonyl (C=O) groups excluding carboxylic acids is 1. The Morgan fingerprint density at radius 3 is 2.42 bits per heavy atom. The van der Waals surface area contributed by atoms with Gasteiger partial charge in [-0.25, -0.2) is 0 Å². The molecule has 1 amide bonds. The fourth-order valence-electron chi connectivity index (χ4n) is 4.45. The van der Waals surface area contributed by atoms with E-state index < -0.39 is 11.7 Å². The van der Waals surface area contributed by atoms with Gasteiger partial charge in [0.25, 0.3) is 5.91 Å². The molecule has 1 aliphatic heterocycles. The van der Waals surface area contributed by atoms with Gasteiger partial charge < -0.3 is 4.90 Å². The summed E-state index contributed by atoms with van der Waals surface area (Å²) in [5.41, 5.74) is 2.19. The van der Waals surface area contributed by atoms with Crippen molar-refractivity contribution in [1.82, 2.24) is 14.7 Å². The molecule has 1 aliphatic rings. The third kappa shape index (κ3) is 4.05. The topological polar surface area (TPSA) is 38.1 Å². The molecule has 4 nitrogen and oxygen atoms in total. The van der Waals surface area contributed by atoms with E-state index in [2.05, 4.69) is 5.10 Å². The highest BCUT2D eigenvalue weighted by Gasteiger charge is 2.36. The summed E-state index contributed by atoms with van der Waals surface area (Å²) in [6.45, 7) is 6.87. The number of aromatic nitrogens is 2. The molecule has 2 aromatic carbocycles. The number of hydrogen-bond acceptors (Lipinski definition) is 2. The Hall–Kier alpha value is -2.83. The van der Waals surface area contributed by atoms with Gasteiger partial charge in [0.2, 0.25) is 0 Å². The van der Waals surface area contributed by atoms with Gasteiger partial charge in [-0.15, -0.1) is 0 Å². The SMILES string of the molecule is Cc1ccc2c(C(=O)N3CCC(c4ccccc4C(F)(F)F)CC3)nn(C(C)C)c2c1. The number of rotatable bonds is 3.